The molecule has 0 unspecified atom stereocenters. The molecule has 0 spiro atoms. The third kappa shape index (κ3) is 1.99. The molecule has 0 bridgehead atoms. The Morgan fingerprint density at radius 2 is 2.38 bits per heavy atom. The fraction of sp³-hybridized carbons (Fsp3) is 0.455. The summed E-state index contributed by atoms with van der Waals surface area (Å²) in [6.07, 6.45) is 2.09. The second kappa shape index (κ2) is 4.49. The summed E-state index contributed by atoms with van der Waals surface area (Å²) in [5, 5.41) is 14.0. The van der Waals surface area contributed by atoms with Crippen molar-refractivity contribution in [3.8, 4) is 5.75 Å². The fourth-order valence-corrected chi connectivity index (χ4v) is 2.06. The molecule has 0 saturated carbocycles. The molecule has 1 aliphatic heterocycles. The van der Waals surface area contributed by atoms with Crippen molar-refractivity contribution in [1.29, 1.82) is 0 Å². The molecule has 0 aromatic heterocycles. The molecule has 0 amide bonds. The molecule has 1 aliphatic rings. The van der Waals surface area contributed by atoms with Gasteiger partial charge in [0.25, 0.3) is 5.69 Å². The maximum Gasteiger partial charge on any atom is 0.270 e. The highest BCUT2D eigenvalue weighted by molar-refractivity contribution is 5.45. The first-order valence-electron chi connectivity index (χ1n) is 5.28. The van der Waals surface area contributed by atoms with Crippen LogP contribution in [0, 0.1) is 10.1 Å². The van der Waals surface area contributed by atoms with Crippen LogP contribution in [0.3, 0.4) is 0 Å². The molecule has 1 aromatic rings. The summed E-state index contributed by atoms with van der Waals surface area (Å²) in [7, 11) is 1.58. The molecule has 2 rings (SSSR count). The lowest BCUT2D eigenvalue weighted by Gasteiger charge is -2.14. The highest BCUT2D eigenvalue weighted by atomic mass is 16.6. The van der Waals surface area contributed by atoms with Crippen molar-refractivity contribution < 1.29 is 9.66 Å². The number of non-ortho nitro benzene ring substituents is 1. The van der Waals surface area contributed by atoms with Gasteiger partial charge in [0.1, 0.15) is 5.75 Å². The molecule has 1 atom stereocenters. The predicted octanol–water partition coefficient (Wildman–Crippen LogP) is 2.03. The standard InChI is InChI=1S/C11H14N2O3/c1-16-11-5-4-8(13(14)15)7-9(11)10-3-2-6-12-10/h4-5,7,10,12H,2-3,6H2,1H3/t10-/m0/s1. The molecular formula is C11H14N2O3. The Labute approximate surface area is 93.6 Å². The minimum Gasteiger partial charge on any atom is -0.496 e. The predicted molar refractivity (Wildman–Crippen MR) is 59.6 cm³/mol. The Balaban J connectivity index is 2.38. The van der Waals surface area contributed by atoms with Gasteiger partial charge in [-0.2, -0.15) is 0 Å². The highest BCUT2D eigenvalue weighted by Crippen LogP contribution is 2.33. The number of nitrogens with zero attached hydrogens (tertiary/aromatic N) is 1. The van der Waals surface area contributed by atoms with Gasteiger partial charge >= 0.3 is 0 Å². The van der Waals surface area contributed by atoms with Gasteiger partial charge in [-0.05, 0) is 25.5 Å². The zero-order valence-corrected chi connectivity index (χ0v) is 9.10. The first kappa shape index (κ1) is 10.9. The van der Waals surface area contributed by atoms with Crippen molar-refractivity contribution >= 4 is 5.69 Å². The van der Waals surface area contributed by atoms with Crippen LogP contribution in [0.4, 0.5) is 5.69 Å². The molecule has 1 heterocycles. The van der Waals surface area contributed by atoms with E-state index in [9.17, 15) is 10.1 Å². The molecule has 1 N–H and O–H groups in total. The van der Waals surface area contributed by atoms with Crippen LogP contribution in [0.1, 0.15) is 24.4 Å². The molecule has 5 nitrogen and oxygen atoms in total. The number of nitro benzene ring substituents is 1. The summed E-state index contributed by atoms with van der Waals surface area (Å²) in [6, 6.07) is 4.90. The first-order chi connectivity index (χ1) is 7.72. The van der Waals surface area contributed by atoms with Gasteiger partial charge in [0.2, 0.25) is 0 Å². The van der Waals surface area contributed by atoms with Crippen LogP contribution in [0.25, 0.3) is 0 Å². The molecule has 16 heavy (non-hydrogen) atoms. The number of nitro groups is 1. The summed E-state index contributed by atoms with van der Waals surface area (Å²) in [5.74, 6) is 0.713. The van der Waals surface area contributed by atoms with E-state index < -0.39 is 0 Å². The van der Waals surface area contributed by atoms with Crippen LogP contribution >= 0.6 is 0 Å². The number of rotatable bonds is 3. The second-order valence-electron chi connectivity index (χ2n) is 3.83. The van der Waals surface area contributed by atoms with Gasteiger partial charge in [-0.1, -0.05) is 0 Å². The Hall–Kier alpha value is -1.62. The van der Waals surface area contributed by atoms with Crippen LogP contribution in [0.5, 0.6) is 5.75 Å². The SMILES string of the molecule is COc1ccc([N+](=O)[O-])cc1[C@@H]1CCCN1. The van der Waals surface area contributed by atoms with Crippen LogP contribution in [0.15, 0.2) is 18.2 Å². The summed E-state index contributed by atoms with van der Waals surface area (Å²) < 4.78 is 5.23. The van der Waals surface area contributed by atoms with Gasteiger partial charge in [0, 0.05) is 23.7 Å². The zero-order chi connectivity index (χ0) is 11.5. The number of ether oxygens (including phenoxy) is 1. The van der Waals surface area contributed by atoms with Gasteiger partial charge in [0.15, 0.2) is 0 Å². The van der Waals surface area contributed by atoms with E-state index in [2.05, 4.69) is 5.32 Å². The summed E-state index contributed by atoms with van der Waals surface area (Å²) in [4.78, 5) is 10.3. The first-order valence-corrected chi connectivity index (χ1v) is 5.28. The molecule has 86 valence electrons. The van der Waals surface area contributed by atoms with Crippen molar-refractivity contribution in [2.45, 2.75) is 18.9 Å². The monoisotopic (exact) mass is 222 g/mol. The van der Waals surface area contributed by atoms with Gasteiger partial charge in [-0.3, -0.25) is 10.1 Å². The normalized spacial score (nSPS) is 19.7. The zero-order valence-electron chi connectivity index (χ0n) is 9.10. The second-order valence-corrected chi connectivity index (χ2v) is 3.83. The average molecular weight is 222 g/mol. The molecule has 0 aliphatic carbocycles. The van der Waals surface area contributed by atoms with E-state index in [0.29, 0.717) is 5.75 Å². The topological polar surface area (TPSA) is 64.4 Å². The Kier molecular flexibility index (Phi) is 3.05. The molecule has 1 aromatic carbocycles. The maximum atomic E-state index is 10.7. The quantitative estimate of drug-likeness (QED) is 0.627. The molecular weight excluding hydrogens is 208 g/mol. The van der Waals surface area contributed by atoms with Crippen molar-refractivity contribution in [3.05, 3.63) is 33.9 Å². The highest BCUT2D eigenvalue weighted by Gasteiger charge is 2.22. The number of methoxy groups -OCH3 is 1. The van der Waals surface area contributed by atoms with E-state index in [1.165, 1.54) is 6.07 Å². The van der Waals surface area contributed by atoms with E-state index in [0.717, 1.165) is 24.9 Å². The number of benzene rings is 1. The fourth-order valence-electron chi connectivity index (χ4n) is 2.06. The Morgan fingerprint density at radius 3 is 2.94 bits per heavy atom. The lowest BCUT2D eigenvalue weighted by Crippen LogP contribution is -2.14. The van der Waals surface area contributed by atoms with E-state index in [4.69, 9.17) is 4.74 Å². The van der Waals surface area contributed by atoms with Crippen LogP contribution in [-0.4, -0.2) is 18.6 Å². The summed E-state index contributed by atoms with van der Waals surface area (Å²) >= 11 is 0. The van der Waals surface area contributed by atoms with Crippen molar-refractivity contribution in [3.63, 3.8) is 0 Å². The lowest BCUT2D eigenvalue weighted by molar-refractivity contribution is -0.385. The van der Waals surface area contributed by atoms with Crippen molar-refractivity contribution in [1.82, 2.24) is 5.32 Å². The van der Waals surface area contributed by atoms with E-state index >= 15 is 0 Å². The largest absolute Gasteiger partial charge is 0.496 e. The molecule has 1 fully saturated rings. The van der Waals surface area contributed by atoms with Gasteiger partial charge in [-0.15, -0.1) is 0 Å². The molecule has 1 saturated heterocycles. The van der Waals surface area contributed by atoms with Crippen molar-refractivity contribution in [2.75, 3.05) is 13.7 Å². The smallest absolute Gasteiger partial charge is 0.270 e. The third-order valence-electron chi connectivity index (χ3n) is 2.86. The van der Waals surface area contributed by atoms with Gasteiger partial charge < -0.3 is 10.1 Å². The van der Waals surface area contributed by atoms with Gasteiger partial charge in [-0.25, -0.2) is 0 Å². The Morgan fingerprint density at radius 1 is 1.56 bits per heavy atom. The summed E-state index contributed by atoms with van der Waals surface area (Å²) in [5.41, 5.74) is 0.999. The minimum atomic E-state index is -0.377. The number of nitrogens with one attached hydrogen (secondary N) is 1. The average Bonchev–Trinajstić information content (AvgIpc) is 2.81. The van der Waals surface area contributed by atoms with Crippen LogP contribution in [0.2, 0.25) is 0 Å². The summed E-state index contributed by atoms with van der Waals surface area (Å²) in [6.45, 7) is 0.955. The number of hydrogen-bond donors (Lipinski definition) is 1. The number of hydrogen-bond acceptors (Lipinski definition) is 4. The maximum absolute atomic E-state index is 10.7. The van der Waals surface area contributed by atoms with E-state index in [-0.39, 0.29) is 16.7 Å². The lowest BCUT2D eigenvalue weighted by atomic mass is 10.0. The van der Waals surface area contributed by atoms with Crippen molar-refractivity contribution in [2.24, 2.45) is 0 Å². The molecule has 0 radical (unpaired) electrons. The van der Waals surface area contributed by atoms with Crippen LogP contribution < -0.4 is 10.1 Å². The van der Waals surface area contributed by atoms with E-state index in [1.54, 1.807) is 19.2 Å². The van der Waals surface area contributed by atoms with Crippen LogP contribution in [-0.2, 0) is 0 Å². The van der Waals surface area contributed by atoms with E-state index in [1.807, 2.05) is 0 Å². The van der Waals surface area contributed by atoms with Gasteiger partial charge in [0.05, 0.1) is 12.0 Å². The third-order valence-corrected chi connectivity index (χ3v) is 2.86. The Bertz CT molecular complexity index is 400. The minimum absolute atomic E-state index is 0.115. The molecule has 5 heteroatoms.